The number of carbonyl (C=O) groups excluding carboxylic acids is 1. The number of hydrogen-bond donors (Lipinski definition) is 0. The first kappa shape index (κ1) is 24.6. The molecule has 2 aromatic rings. The second-order valence-corrected chi connectivity index (χ2v) is 10.2. The second-order valence-electron chi connectivity index (χ2n) is 10.2. The molecule has 7 nitrogen and oxygen atoms in total. The largest absolute Gasteiger partial charge is 0.493 e. The molecule has 1 aromatic carbocycles. The van der Waals surface area contributed by atoms with E-state index in [0.717, 1.165) is 67.8 Å². The van der Waals surface area contributed by atoms with Gasteiger partial charge in [-0.25, -0.2) is 9.99 Å². The molecule has 0 N–H and O–H groups in total. The Balaban J connectivity index is 1.35. The molecule has 1 amide bonds. The van der Waals surface area contributed by atoms with E-state index in [4.69, 9.17) is 14.6 Å². The van der Waals surface area contributed by atoms with Gasteiger partial charge in [0.15, 0.2) is 11.5 Å². The van der Waals surface area contributed by atoms with Crippen LogP contribution in [0.2, 0.25) is 0 Å². The predicted octanol–water partition coefficient (Wildman–Crippen LogP) is 5.60. The summed E-state index contributed by atoms with van der Waals surface area (Å²) in [7, 11) is 1.67. The van der Waals surface area contributed by atoms with Gasteiger partial charge in [-0.3, -0.25) is 4.79 Å². The average Bonchev–Trinajstić information content (AvgIpc) is 3.29. The number of unbranched alkanes of at least 4 members (excludes halogenated alkanes) is 1. The van der Waals surface area contributed by atoms with Gasteiger partial charge >= 0.3 is 0 Å². The third-order valence-corrected chi connectivity index (χ3v) is 7.80. The Hall–Kier alpha value is -3.09. The number of hydrogen-bond acceptors (Lipinski definition) is 5. The number of aryl methyl sites for hydroxylation is 1. The SMILES string of the molecule is COc1ccc(C2=NN(C3CCCCCC3)C(=O)[C@H]3CC=CC[C@@H]23)cc1OCCCCn1ccnc1. The van der Waals surface area contributed by atoms with E-state index in [1.165, 1.54) is 25.7 Å². The number of hydrazone groups is 1. The quantitative estimate of drug-likeness (QED) is 0.261. The Morgan fingerprint density at radius 3 is 2.56 bits per heavy atom. The van der Waals surface area contributed by atoms with Crippen molar-refractivity contribution in [3.63, 3.8) is 0 Å². The van der Waals surface area contributed by atoms with E-state index in [2.05, 4.69) is 33.8 Å². The number of imidazole rings is 1. The lowest BCUT2D eigenvalue weighted by atomic mass is 9.76. The van der Waals surface area contributed by atoms with Gasteiger partial charge in [0.05, 0.1) is 37.7 Å². The molecule has 1 aliphatic heterocycles. The summed E-state index contributed by atoms with van der Waals surface area (Å²) in [4.78, 5) is 17.6. The van der Waals surface area contributed by atoms with Crippen LogP contribution in [-0.2, 0) is 11.3 Å². The summed E-state index contributed by atoms with van der Waals surface area (Å²) in [5.41, 5.74) is 2.04. The van der Waals surface area contributed by atoms with Crippen molar-refractivity contribution in [2.45, 2.75) is 76.8 Å². The number of ether oxygens (including phenoxy) is 2. The summed E-state index contributed by atoms with van der Waals surface area (Å²) in [6, 6.07) is 6.31. The van der Waals surface area contributed by atoms with Gasteiger partial charge in [-0.1, -0.05) is 37.8 Å². The van der Waals surface area contributed by atoms with Gasteiger partial charge in [-0.2, -0.15) is 5.10 Å². The van der Waals surface area contributed by atoms with Crippen LogP contribution in [0.5, 0.6) is 11.5 Å². The molecule has 2 atom stereocenters. The molecule has 7 heteroatoms. The van der Waals surface area contributed by atoms with Crippen LogP contribution in [0.1, 0.15) is 69.8 Å². The summed E-state index contributed by atoms with van der Waals surface area (Å²) in [6.45, 7) is 1.54. The first-order chi connectivity index (χ1) is 17.7. The van der Waals surface area contributed by atoms with Crippen LogP contribution in [-0.4, -0.2) is 45.9 Å². The number of methoxy groups -OCH3 is 1. The number of benzene rings is 1. The van der Waals surface area contributed by atoms with Crippen LogP contribution in [0, 0.1) is 11.8 Å². The minimum absolute atomic E-state index is 0.0274. The number of amides is 1. The smallest absolute Gasteiger partial charge is 0.247 e. The summed E-state index contributed by atoms with van der Waals surface area (Å²) in [6.07, 6.45) is 20.5. The Kier molecular flexibility index (Phi) is 8.04. The van der Waals surface area contributed by atoms with Crippen molar-refractivity contribution in [3.05, 3.63) is 54.6 Å². The first-order valence-corrected chi connectivity index (χ1v) is 13.6. The third kappa shape index (κ3) is 5.50. The van der Waals surface area contributed by atoms with E-state index >= 15 is 0 Å². The van der Waals surface area contributed by atoms with Crippen LogP contribution in [0.4, 0.5) is 0 Å². The fourth-order valence-electron chi connectivity index (χ4n) is 5.78. The molecule has 1 saturated carbocycles. The third-order valence-electron chi connectivity index (χ3n) is 7.80. The standard InChI is InChI=1S/C29H38N4O3/c1-35-26-15-14-22(20-27(26)36-19-9-8-17-32-18-16-30-21-32)28-24-12-6-7-13-25(24)29(34)33(31-28)23-10-4-2-3-5-11-23/h6-7,14-16,18,20-21,23-25H,2-5,8-13,17,19H2,1H3/t24-,25+/m1/s1. The highest BCUT2D eigenvalue weighted by atomic mass is 16.5. The zero-order valence-corrected chi connectivity index (χ0v) is 21.3. The van der Waals surface area contributed by atoms with Crippen LogP contribution < -0.4 is 9.47 Å². The lowest BCUT2D eigenvalue weighted by Gasteiger charge is -2.40. The van der Waals surface area contributed by atoms with Crippen LogP contribution in [0.15, 0.2) is 54.2 Å². The molecule has 1 fully saturated rings. The maximum Gasteiger partial charge on any atom is 0.247 e. The highest BCUT2D eigenvalue weighted by Crippen LogP contribution is 2.38. The van der Waals surface area contributed by atoms with Crippen molar-refractivity contribution in [1.82, 2.24) is 14.6 Å². The van der Waals surface area contributed by atoms with E-state index in [9.17, 15) is 4.79 Å². The van der Waals surface area contributed by atoms with Crippen molar-refractivity contribution in [3.8, 4) is 11.5 Å². The lowest BCUT2D eigenvalue weighted by Crippen LogP contribution is -2.49. The zero-order valence-electron chi connectivity index (χ0n) is 21.3. The molecule has 0 bridgehead atoms. The molecule has 0 saturated heterocycles. The average molecular weight is 491 g/mol. The monoisotopic (exact) mass is 490 g/mol. The molecule has 2 heterocycles. The zero-order chi connectivity index (χ0) is 24.7. The summed E-state index contributed by atoms with van der Waals surface area (Å²) >= 11 is 0. The number of fused-ring (bicyclic) bond motifs is 1. The Labute approximate surface area is 214 Å². The highest BCUT2D eigenvalue weighted by molar-refractivity contribution is 6.07. The molecule has 5 rings (SSSR count). The topological polar surface area (TPSA) is 68.9 Å². The van der Waals surface area contributed by atoms with Crippen molar-refractivity contribution < 1.29 is 14.3 Å². The maximum atomic E-state index is 13.5. The van der Waals surface area contributed by atoms with Gasteiger partial charge in [0.25, 0.3) is 0 Å². The number of nitrogens with zero attached hydrogens (tertiary/aromatic N) is 4. The van der Waals surface area contributed by atoms with E-state index < -0.39 is 0 Å². The van der Waals surface area contributed by atoms with Gasteiger partial charge in [-0.15, -0.1) is 0 Å². The number of aromatic nitrogens is 2. The molecule has 2 aliphatic carbocycles. The minimum Gasteiger partial charge on any atom is -0.493 e. The molecule has 0 unspecified atom stereocenters. The van der Waals surface area contributed by atoms with Gasteiger partial charge in [-0.05, 0) is 56.7 Å². The fourth-order valence-corrected chi connectivity index (χ4v) is 5.78. The first-order valence-electron chi connectivity index (χ1n) is 13.6. The molecular formula is C29H38N4O3. The molecule has 0 spiro atoms. The van der Waals surface area contributed by atoms with Gasteiger partial charge < -0.3 is 14.0 Å². The molecule has 192 valence electrons. The van der Waals surface area contributed by atoms with Gasteiger partial charge in [0, 0.05) is 30.4 Å². The summed E-state index contributed by atoms with van der Waals surface area (Å²) in [5, 5.41) is 6.94. The molecule has 1 aromatic heterocycles. The number of carbonyl (C=O) groups is 1. The summed E-state index contributed by atoms with van der Waals surface area (Å²) in [5.74, 6) is 1.76. The van der Waals surface area contributed by atoms with E-state index in [1.54, 1.807) is 13.3 Å². The Bertz CT molecular complexity index is 1070. The van der Waals surface area contributed by atoms with E-state index in [0.29, 0.717) is 6.61 Å². The van der Waals surface area contributed by atoms with Crippen molar-refractivity contribution in [2.24, 2.45) is 16.9 Å². The molecular weight excluding hydrogens is 452 g/mol. The van der Waals surface area contributed by atoms with Crippen molar-refractivity contribution in [2.75, 3.05) is 13.7 Å². The van der Waals surface area contributed by atoms with Crippen LogP contribution in [0.3, 0.4) is 0 Å². The molecule has 3 aliphatic rings. The van der Waals surface area contributed by atoms with E-state index in [1.807, 2.05) is 23.6 Å². The Morgan fingerprint density at radius 2 is 1.81 bits per heavy atom. The molecule has 0 radical (unpaired) electrons. The minimum atomic E-state index is -0.0274. The van der Waals surface area contributed by atoms with Crippen LogP contribution >= 0.6 is 0 Å². The molecule has 36 heavy (non-hydrogen) atoms. The second kappa shape index (κ2) is 11.8. The fraction of sp³-hybridized carbons (Fsp3) is 0.552. The predicted molar refractivity (Wildman–Crippen MR) is 140 cm³/mol. The van der Waals surface area contributed by atoms with Crippen LogP contribution in [0.25, 0.3) is 0 Å². The van der Waals surface area contributed by atoms with E-state index in [-0.39, 0.29) is 23.8 Å². The maximum absolute atomic E-state index is 13.5. The number of rotatable bonds is 9. The summed E-state index contributed by atoms with van der Waals surface area (Å²) < 4.78 is 13.9. The highest BCUT2D eigenvalue weighted by Gasteiger charge is 2.42. The van der Waals surface area contributed by atoms with Crippen molar-refractivity contribution in [1.29, 1.82) is 0 Å². The van der Waals surface area contributed by atoms with Gasteiger partial charge in [0.1, 0.15) is 0 Å². The number of allylic oxidation sites excluding steroid dienone is 2. The normalized spacial score (nSPS) is 22.6. The van der Waals surface area contributed by atoms with Crippen molar-refractivity contribution >= 4 is 11.6 Å². The van der Waals surface area contributed by atoms with Gasteiger partial charge in [0.2, 0.25) is 5.91 Å². The Morgan fingerprint density at radius 1 is 1.00 bits per heavy atom. The lowest BCUT2D eigenvalue weighted by molar-refractivity contribution is -0.140.